The quantitative estimate of drug-likeness (QED) is 0.0222. The van der Waals surface area contributed by atoms with E-state index in [4.69, 9.17) is 37.0 Å². The highest BCUT2D eigenvalue weighted by Crippen LogP contribution is 2.45. The lowest BCUT2D eigenvalue weighted by Crippen LogP contribution is -2.30. The zero-order valence-corrected chi connectivity index (χ0v) is 67.5. The van der Waals surface area contributed by atoms with Gasteiger partial charge in [-0.15, -0.1) is 0 Å². The van der Waals surface area contributed by atoms with Gasteiger partial charge in [0.25, 0.3) is 0 Å². The molecule has 0 aromatic rings. The van der Waals surface area contributed by atoms with Crippen LogP contribution in [0.15, 0.2) is 0 Å². The fraction of sp³-hybridized carbons (Fsp3) is 0.951. The Labute approximate surface area is 613 Å². The third-order valence-corrected chi connectivity index (χ3v) is 21.1. The van der Waals surface area contributed by atoms with E-state index >= 15 is 0 Å². The molecule has 0 aromatic carbocycles. The first-order chi connectivity index (χ1) is 48.3. The molecule has 0 heterocycles. The van der Waals surface area contributed by atoms with E-state index in [1.54, 1.807) is 0 Å². The van der Waals surface area contributed by atoms with Crippen molar-refractivity contribution in [2.75, 3.05) is 39.6 Å². The van der Waals surface area contributed by atoms with Gasteiger partial charge in [0.05, 0.1) is 26.4 Å². The first kappa shape index (κ1) is 98.1. The summed E-state index contributed by atoms with van der Waals surface area (Å²) in [4.78, 5) is 72.8. The zero-order valence-electron chi connectivity index (χ0n) is 65.7. The number of carbonyl (C=O) groups is 4. The molecule has 3 N–H and O–H groups in total. The van der Waals surface area contributed by atoms with E-state index in [9.17, 15) is 43.2 Å². The van der Waals surface area contributed by atoms with E-state index in [2.05, 4.69) is 48.5 Å². The van der Waals surface area contributed by atoms with Crippen LogP contribution in [0.5, 0.6) is 0 Å². The number of rotatable bonds is 79. The maximum absolute atomic E-state index is 13.1. The molecule has 594 valence electrons. The molecular weight excluding hydrogens is 1310 g/mol. The van der Waals surface area contributed by atoms with E-state index in [1.165, 1.54) is 225 Å². The lowest BCUT2D eigenvalue weighted by molar-refractivity contribution is -0.161. The van der Waals surface area contributed by atoms with Crippen LogP contribution in [0, 0.1) is 17.8 Å². The van der Waals surface area contributed by atoms with Crippen LogP contribution in [-0.4, -0.2) is 96.7 Å². The summed E-state index contributed by atoms with van der Waals surface area (Å²) in [6.07, 6.45) is 59.9. The van der Waals surface area contributed by atoms with Crippen molar-refractivity contribution in [3.8, 4) is 0 Å². The number of unbranched alkanes of at least 4 members (excludes halogenated alkanes) is 46. The van der Waals surface area contributed by atoms with Gasteiger partial charge in [-0.2, -0.15) is 0 Å². The number of aliphatic hydroxyl groups excluding tert-OH is 1. The zero-order chi connectivity index (χ0) is 73.7. The second kappa shape index (κ2) is 71.3. The van der Waals surface area contributed by atoms with Gasteiger partial charge < -0.3 is 33.8 Å². The Bertz CT molecular complexity index is 1940. The number of hydrogen-bond acceptors (Lipinski definition) is 15. The molecule has 0 radical (unpaired) electrons. The van der Waals surface area contributed by atoms with Gasteiger partial charge in [-0.25, -0.2) is 9.13 Å². The number of phosphoric ester groups is 2. The van der Waals surface area contributed by atoms with Crippen LogP contribution in [0.4, 0.5) is 0 Å². The van der Waals surface area contributed by atoms with Gasteiger partial charge in [0.1, 0.15) is 19.3 Å². The van der Waals surface area contributed by atoms with E-state index in [0.717, 1.165) is 114 Å². The summed E-state index contributed by atoms with van der Waals surface area (Å²) in [5.74, 6) is 0.286. The van der Waals surface area contributed by atoms with Crippen LogP contribution < -0.4 is 0 Å². The van der Waals surface area contributed by atoms with E-state index in [1.807, 2.05) is 0 Å². The molecule has 0 amide bonds. The highest BCUT2D eigenvalue weighted by Gasteiger charge is 2.30. The van der Waals surface area contributed by atoms with Gasteiger partial charge in [-0.3, -0.25) is 37.3 Å². The number of aliphatic hydroxyl groups is 1. The molecule has 0 aliphatic carbocycles. The van der Waals surface area contributed by atoms with Gasteiger partial charge >= 0.3 is 39.5 Å². The number of esters is 4. The van der Waals surface area contributed by atoms with Crippen molar-refractivity contribution in [3.63, 3.8) is 0 Å². The summed E-state index contributed by atoms with van der Waals surface area (Å²) in [5, 5.41) is 10.6. The molecular formula is C81H158O17P2. The van der Waals surface area contributed by atoms with Crippen molar-refractivity contribution in [3.05, 3.63) is 0 Å². The third-order valence-electron chi connectivity index (χ3n) is 19.2. The first-order valence-electron chi connectivity index (χ1n) is 41.9. The minimum Gasteiger partial charge on any atom is -0.462 e. The molecule has 0 spiro atoms. The third kappa shape index (κ3) is 73.0. The molecule has 0 aliphatic heterocycles. The molecule has 6 atom stereocenters. The Balaban J connectivity index is 5.17. The summed E-state index contributed by atoms with van der Waals surface area (Å²) in [6.45, 7) is 12.0. The molecule has 0 aliphatic rings. The maximum atomic E-state index is 13.1. The van der Waals surface area contributed by atoms with Crippen LogP contribution in [0.25, 0.3) is 0 Å². The fourth-order valence-electron chi connectivity index (χ4n) is 12.5. The summed E-state index contributed by atoms with van der Waals surface area (Å²) >= 11 is 0. The van der Waals surface area contributed by atoms with Crippen LogP contribution >= 0.6 is 15.6 Å². The van der Waals surface area contributed by atoms with Crippen molar-refractivity contribution in [1.82, 2.24) is 0 Å². The Morgan fingerprint density at radius 3 is 0.760 bits per heavy atom. The van der Waals surface area contributed by atoms with Crippen LogP contribution in [0.2, 0.25) is 0 Å². The Hall–Kier alpha value is -1.94. The summed E-state index contributed by atoms with van der Waals surface area (Å²) < 4.78 is 68.6. The molecule has 100 heavy (non-hydrogen) atoms. The molecule has 0 bridgehead atoms. The number of hydrogen-bond donors (Lipinski definition) is 3. The molecule has 0 saturated heterocycles. The van der Waals surface area contributed by atoms with Crippen LogP contribution in [-0.2, 0) is 65.4 Å². The topological polar surface area (TPSA) is 237 Å². The fourth-order valence-corrected chi connectivity index (χ4v) is 14.0. The Morgan fingerprint density at radius 1 is 0.290 bits per heavy atom. The van der Waals surface area contributed by atoms with E-state index < -0.39 is 97.5 Å². The second-order valence-corrected chi connectivity index (χ2v) is 33.3. The largest absolute Gasteiger partial charge is 0.472 e. The molecule has 0 rings (SSSR count). The predicted octanol–water partition coefficient (Wildman–Crippen LogP) is 24.1. The van der Waals surface area contributed by atoms with Crippen molar-refractivity contribution in [1.29, 1.82) is 0 Å². The number of phosphoric acid groups is 2. The molecule has 19 heteroatoms. The predicted molar refractivity (Wildman–Crippen MR) is 409 cm³/mol. The minimum atomic E-state index is -4.96. The maximum Gasteiger partial charge on any atom is 0.472 e. The van der Waals surface area contributed by atoms with Gasteiger partial charge in [-0.1, -0.05) is 370 Å². The monoisotopic (exact) mass is 1470 g/mol. The van der Waals surface area contributed by atoms with Gasteiger partial charge in [-0.05, 0) is 43.4 Å². The average molecular weight is 1470 g/mol. The highest BCUT2D eigenvalue weighted by molar-refractivity contribution is 7.47. The summed E-state index contributed by atoms with van der Waals surface area (Å²) in [7, 11) is -9.91. The molecule has 0 saturated carbocycles. The molecule has 17 nitrogen and oxygen atoms in total. The molecule has 3 unspecified atom stereocenters. The van der Waals surface area contributed by atoms with Gasteiger partial charge in [0.2, 0.25) is 0 Å². The number of carbonyl (C=O) groups excluding carboxylic acids is 4. The number of ether oxygens (including phenoxy) is 4. The molecule has 0 aromatic heterocycles. The SMILES string of the molecule is CCCCCCCCCCC(=O)OC[C@H](COP(=O)(O)OC[C@H](O)COP(=O)(O)OC[C@@H](COC(=O)CCCCCCCCCCCCCCCCCCC(C)C)OC(=O)CCCCCCCCCCCCCCCCCCCCC(C)CC)OC(=O)CCCCCCCCCCC(C)C. The van der Waals surface area contributed by atoms with Gasteiger partial charge in [0, 0.05) is 25.7 Å². The first-order valence-corrected chi connectivity index (χ1v) is 44.9. The van der Waals surface area contributed by atoms with Crippen LogP contribution in [0.3, 0.4) is 0 Å². The smallest absolute Gasteiger partial charge is 0.462 e. The van der Waals surface area contributed by atoms with Crippen LogP contribution in [0.1, 0.15) is 421 Å². The van der Waals surface area contributed by atoms with E-state index in [0.29, 0.717) is 25.7 Å². The standard InChI is InChI=1S/C81H158O17P2/c1-8-10-11-12-13-41-48-55-62-78(83)91-68-76(98-81(86)65-58-51-44-37-36-39-46-53-60-73(5)6)70-95-99(87,88)93-66-75(82)67-94-100(89,90)96-71-77(69-92-79(84)63-56-49-42-34-30-26-22-19-18-20-24-28-32-38-45-52-59-72(3)4)97-80(85)64-57-50-43-35-31-27-23-17-15-14-16-21-25-29-33-40-47-54-61-74(7)9-2/h72-77,82H,8-71H2,1-7H3,(H,87,88)(H,89,90)/t74?,75-,76+,77+/m0/s1. The summed E-state index contributed by atoms with van der Waals surface area (Å²) in [5.41, 5.74) is 0. The van der Waals surface area contributed by atoms with Crippen molar-refractivity contribution >= 4 is 39.5 Å². The van der Waals surface area contributed by atoms with Crippen molar-refractivity contribution in [2.45, 2.75) is 439 Å². The highest BCUT2D eigenvalue weighted by atomic mass is 31.2. The Morgan fingerprint density at radius 2 is 0.510 bits per heavy atom. The normalized spacial score (nSPS) is 14.2. The van der Waals surface area contributed by atoms with Gasteiger partial charge in [0.15, 0.2) is 12.2 Å². The lowest BCUT2D eigenvalue weighted by atomic mass is 9.99. The van der Waals surface area contributed by atoms with E-state index in [-0.39, 0.29) is 25.7 Å². The molecule has 0 fully saturated rings. The van der Waals surface area contributed by atoms with Crippen molar-refractivity contribution in [2.24, 2.45) is 17.8 Å². The second-order valence-electron chi connectivity index (χ2n) is 30.4. The average Bonchev–Trinajstić information content (AvgIpc) is 0.959. The summed E-state index contributed by atoms with van der Waals surface area (Å²) in [6, 6.07) is 0. The lowest BCUT2D eigenvalue weighted by Gasteiger charge is -2.21. The van der Waals surface area contributed by atoms with Crippen molar-refractivity contribution < 1.29 is 80.2 Å². The Kier molecular flexibility index (Phi) is 69.9. The minimum absolute atomic E-state index is 0.104.